The second-order valence-corrected chi connectivity index (χ2v) is 4.73. The van der Waals surface area contributed by atoms with E-state index in [4.69, 9.17) is 5.73 Å². The van der Waals surface area contributed by atoms with Crippen LogP contribution in [-0.4, -0.2) is 30.1 Å². The zero-order valence-corrected chi connectivity index (χ0v) is 12.4. The molecule has 0 saturated carbocycles. The summed E-state index contributed by atoms with van der Waals surface area (Å²) in [5, 5.41) is 2.71. The van der Waals surface area contributed by atoms with Crippen molar-refractivity contribution in [2.75, 3.05) is 6.54 Å². The molecule has 0 bridgehead atoms. The molecule has 0 aromatic heterocycles. The molecule has 0 spiro atoms. The van der Waals surface area contributed by atoms with Gasteiger partial charge in [0.2, 0.25) is 5.91 Å². The summed E-state index contributed by atoms with van der Waals surface area (Å²) >= 11 is 0. The normalized spacial score (nSPS) is 13.1. The van der Waals surface area contributed by atoms with Crippen molar-refractivity contribution in [2.24, 2.45) is 10.7 Å². The minimum atomic E-state index is -0.375. The van der Waals surface area contributed by atoms with Crippen molar-refractivity contribution in [1.82, 2.24) is 5.32 Å². The molecule has 0 fully saturated rings. The van der Waals surface area contributed by atoms with Gasteiger partial charge in [-0.05, 0) is 25.7 Å². The fourth-order valence-electron chi connectivity index (χ4n) is 1.83. The molecule has 0 aromatic rings. The van der Waals surface area contributed by atoms with Crippen LogP contribution in [0.4, 0.5) is 0 Å². The number of ketones is 1. The quantitative estimate of drug-likeness (QED) is 0.360. The molecule has 0 heterocycles. The zero-order chi connectivity index (χ0) is 14.7. The average molecular weight is 269 g/mol. The predicted molar refractivity (Wildman–Crippen MR) is 78.2 cm³/mol. The number of hydrogen-bond donors (Lipinski definition) is 2. The summed E-state index contributed by atoms with van der Waals surface area (Å²) in [4.78, 5) is 27.2. The fourth-order valence-corrected chi connectivity index (χ4v) is 1.83. The SMILES string of the molecule is CCCC(=O)C(CCCN=C(N)CCC)NC(C)=O. The number of Topliss-reactive ketones (excluding diaryl/α,β-unsaturated/α-hetero) is 1. The first-order valence-electron chi connectivity index (χ1n) is 7.09. The molecule has 0 aliphatic heterocycles. The third-order valence-corrected chi connectivity index (χ3v) is 2.73. The van der Waals surface area contributed by atoms with E-state index < -0.39 is 0 Å². The fraction of sp³-hybridized carbons (Fsp3) is 0.786. The third kappa shape index (κ3) is 9.22. The van der Waals surface area contributed by atoms with Gasteiger partial charge in [-0.1, -0.05) is 13.8 Å². The van der Waals surface area contributed by atoms with Crippen LogP contribution in [0.25, 0.3) is 0 Å². The smallest absolute Gasteiger partial charge is 0.217 e. The van der Waals surface area contributed by atoms with Crippen molar-refractivity contribution in [3.63, 3.8) is 0 Å². The average Bonchev–Trinajstić information content (AvgIpc) is 2.33. The van der Waals surface area contributed by atoms with Crippen LogP contribution in [0.3, 0.4) is 0 Å². The molecular weight excluding hydrogens is 242 g/mol. The van der Waals surface area contributed by atoms with E-state index in [0.29, 0.717) is 25.2 Å². The number of nitrogens with zero attached hydrogens (tertiary/aromatic N) is 1. The van der Waals surface area contributed by atoms with Crippen LogP contribution in [0.5, 0.6) is 0 Å². The maximum atomic E-state index is 11.8. The first kappa shape index (κ1) is 17.6. The Labute approximate surface area is 116 Å². The maximum absolute atomic E-state index is 11.8. The number of hydrogen-bond acceptors (Lipinski definition) is 3. The standard InChI is InChI=1S/C14H27N3O2/c1-4-7-13(19)12(17-11(3)18)9-6-10-16-14(15)8-5-2/h12H,4-10H2,1-3H3,(H2,15,16)(H,17,18). The van der Waals surface area contributed by atoms with Crippen LogP contribution in [0, 0.1) is 0 Å². The van der Waals surface area contributed by atoms with E-state index in [2.05, 4.69) is 17.2 Å². The van der Waals surface area contributed by atoms with E-state index in [9.17, 15) is 9.59 Å². The monoisotopic (exact) mass is 269 g/mol. The van der Waals surface area contributed by atoms with Gasteiger partial charge in [0, 0.05) is 26.3 Å². The van der Waals surface area contributed by atoms with Crippen molar-refractivity contribution in [3.05, 3.63) is 0 Å². The van der Waals surface area contributed by atoms with Gasteiger partial charge in [-0.25, -0.2) is 0 Å². The van der Waals surface area contributed by atoms with E-state index in [1.54, 1.807) is 0 Å². The van der Waals surface area contributed by atoms with Gasteiger partial charge >= 0.3 is 0 Å². The number of carbonyl (C=O) groups excluding carboxylic acids is 2. The number of nitrogens with one attached hydrogen (secondary N) is 1. The summed E-state index contributed by atoms with van der Waals surface area (Å²) in [6.07, 6.45) is 4.48. The number of aliphatic imine (C=N–C) groups is 1. The molecule has 1 amide bonds. The van der Waals surface area contributed by atoms with Crippen molar-refractivity contribution >= 4 is 17.5 Å². The van der Waals surface area contributed by atoms with Gasteiger partial charge in [0.25, 0.3) is 0 Å². The van der Waals surface area contributed by atoms with Gasteiger partial charge in [-0.2, -0.15) is 0 Å². The number of amidine groups is 1. The van der Waals surface area contributed by atoms with Gasteiger partial charge in [0.05, 0.1) is 11.9 Å². The Morgan fingerprint density at radius 1 is 1.21 bits per heavy atom. The highest BCUT2D eigenvalue weighted by molar-refractivity contribution is 5.88. The highest BCUT2D eigenvalue weighted by Gasteiger charge is 2.17. The summed E-state index contributed by atoms with van der Waals surface area (Å²) in [7, 11) is 0. The molecule has 0 radical (unpaired) electrons. The molecule has 19 heavy (non-hydrogen) atoms. The van der Waals surface area contributed by atoms with E-state index in [1.807, 2.05) is 6.92 Å². The van der Waals surface area contributed by atoms with Crippen LogP contribution in [0.15, 0.2) is 4.99 Å². The molecule has 3 N–H and O–H groups in total. The van der Waals surface area contributed by atoms with Crippen LogP contribution < -0.4 is 11.1 Å². The minimum Gasteiger partial charge on any atom is -0.387 e. The number of amides is 1. The lowest BCUT2D eigenvalue weighted by Gasteiger charge is -2.15. The summed E-state index contributed by atoms with van der Waals surface area (Å²) in [5.41, 5.74) is 5.70. The van der Waals surface area contributed by atoms with Crippen LogP contribution >= 0.6 is 0 Å². The maximum Gasteiger partial charge on any atom is 0.217 e. The molecule has 0 aliphatic carbocycles. The Kier molecular flexibility index (Phi) is 9.75. The Hall–Kier alpha value is -1.39. The summed E-state index contributed by atoms with van der Waals surface area (Å²) < 4.78 is 0. The molecular formula is C14H27N3O2. The molecule has 0 aliphatic rings. The second kappa shape index (κ2) is 10.5. The molecule has 5 nitrogen and oxygen atoms in total. The lowest BCUT2D eigenvalue weighted by molar-refractivity contribution is -0.127. The minimum absolute atomic E-state index is 0.100. The summed E-state index contributed by atoms with van der Waals surface area (Å²) in [6.45, 7) is 6.06. The number of carbonyl (C=O) groups is 2. The lowest BCUT2D eigenvalue weighted by Crippen LogP contribution is -2.39. The molecule has 5 heteroatoms. The molecule has 0 rings (SSSR count). The van der Waals surface area contributed by atoms with Crippen molar-refractivity contribution in [2.45, 2.75) is 65.3 Å². The van der Waals surface area contributed by atoms with Crippen LogP contribution in [-0.2, 0) is 9.59 Å². The Bertz CT molecular complexity index is 314. The highest BCUT2D eigenvalue weighted by Crippen LogP contribution is 2.04. The Morgan fingerprint density at radius 2 is 1.84 bits per heavy atom. The van der Waals surface area contributed by atoms with Gasteiger partial charge in [0.15, 0.2) is 5.78 Å². The van der Waals surface area contributed by atoms with Gasteiger partial charge < -0.3 is 11.1 Å². The summed E-state index contributed by atoms with van der Waals surface area (Å²) in [5.74, 6) is 0.602. The Balaban J connectivity index is 4.15. The largest absolute Gasteiger partial charge is 0.387 e. The van der Waals surface area contributed by atoms with Crippen molar-refractivity contribution < 1.29 is 9.59 Å². The molecule has 1 unspecified atom stereocenters. The Morgan fingerprint density at radius 3 is 2.37 bits per heavy atom. The first-order chi connectivity index (χ1) is 9.01. The molecule has 110 valence electrons. The first-order valence-corrected chi connectivity index (χ1v) is 7.09. The molecule has 0 saturated heterocycles. The van der Waals surface area contributed by atoms with Crippen LogP contribution in [0.2, 0.25) is 0 Å². The van der Waals surface area contributed by atoms with Gasteiger partial charge in [-0.15, -0.1) is 0 Å². The summed E-state index contributed by atoms with van der Waals surface area (Å²) in [6, 6.07) is -0.375. The third-order valence-electron chi connectivity index (χ3n) is 2.73. The second-order valence-electron chi connectivity index (χ2n) is 4.73. The van der Waals surface area contributed by atoms with Crippen LogP contribution in [0.1, 0.15) is 59.3 Å². The van der Waals surface area contributed by atoms with Crippen molar-refractivity contribution in [1.29, 1.82) is 0 Å². The van der Waals surface area contributed by atoms with Gasteiger partial charge in [-0.3, -0.25) is 14.6 Å². The molecule has 0 aromatic carbocycles. The lowest BCUT2D eigenvalue weighted by atomic mass is 10.0. The zero-order valence-electron chi connectivity index (χ0n) is 12.4. The van der Waals surface area contributed by atoms with E-state index in [0.717, 1.165) is 25.7 Å². The molecule has 1 atom stereocenters. The topological polar surface area (TPSA) is 84.6 Å². The predicted octanol–water partition coefficient (Wildman–Crippen LogP) is 1.80. The van der Waals surface area contributed by atoms with E-state index in [1.165, 1.54) is 6.92 Å². The van der Waals surface area contributed by atoms with E-state index in [-0.39, 0.29) is 17.7 Å². The number of nitrogens with two attached hydrogens (primary N) is 1. The van der Waals surface area contributed by atoms with Crippen molar-refractivity contribution in [3.8, 4) is 0 Å². The van der Waals surface area contributed by atoms with Gasteiger partial charge in [0.1, 0.15) is 0 Å². The number of rotatable bonds is 10. The van der Waals surface area contributed by atoms with E-state index >= 15 is 0 Å². The highest BCUT2D eigenvalue weighted by atomic mass is 16.2.